The second-order valence-electron chi connectivity index (χ2n) is 4.04. The highest BCUT2D eigenvalue weighted by Gasteiger charge is 2.22. The molecule has 0 aliphatic carbocycles. The number of hydrogen-bond acceptors (Lipinski definition) is 3. The molecule has 0 spiro atoms. The second-order valence-corrected chi connectivity index (χ2v) is 6.10. The summed E-state index contributed by atoms with van der Waals surface area (Å²) in [6.45, 7) is 0. The first-order chi connectivity index (χ1) is 9.70. The first kappa shape index (κ1) is 15.5. The number of benzene rings is 2. The fourth-order valence-corrected chi connectivity index (χ4v) is 3.14. The van der Waals surface area contributed by atoms with Crippen LogP contribution in [0.1, 0.15) is 0 Å². The number of nitrogen functional groups attached to an aromatic ring is 1. The van der Waals surface area contributed by atoms with Crippen LogP contribution in [0.15, 0.2) is 35.2 Å². The number of halogens is 4. The van der Waals surface area contributed by atoms with E-state index in [4.69, 9.17) is 17.3 Å². The molecule has 0 atom stereocenters. The third kappa shape index (κ3) is 3.22. The van der Waals surface area contributed by atoms with Crippen LogP contribution in [-0.2, 0) is 10.0 Å². The molecule has 4 nitrogen and oxygen atoms in total. The summed E-state index contributed by atoms with van der Waals surface area (Å²) < 4.78 is 65.5. The minimum absolute atomic E-state index is 0.102. The van der Waals surface area contributed by atoms with Crippen molar-refractivity contribution in [3.63, 3.8) is 0 Å². The van der Waals surface area contributed by atoms with Crippen molar-refractivity contribution in [3.05, 3.63) is 52.8 Å². The summed E-state index contributed by atoms with van der Waals surface area (Å²) in [7, 11) is -4.36. The third-order valence-electron chi connectivity index (χ3n) is 2.48. The standard InChI is InChI=1S/C12H8ClF3N2O2S/c13-8-2-1-7(17)5-11(8)21(19,20)18-10-4-6(14)3-9(15)12(10)16/h1-5,18H,17H2. The molecule has 0 fully saturated rings. The molecule has 0 saturated carbocycles. The molecule has 0 heterocycles. The molecule has 112 valence electrons. The van der Waals surface area contributed by atoms with Crippen molar-refractivity contribution >= 4 is 33.0 Å². The lowest BCUT2D eigenvalue weighted by Gasteiger charge is -2.11. The second kappa shape index (κ2) is 5.45. The van der Waals surface area contributed by atoms with Crippen LogP contribution in [0.3, 0.4) is 0 Å². The van der Waals surface area contributed by atoms with E-state index >= 15 is 0 Å². The van der Waals surface area contributed by atoms with Gasteiger partial charge in [-0.3, -0.25) is 4.72 Å². The molecule has 0 aliphatic rings. The zero-order valence-electron chi connectivity index (χ0n) is 10.2. The fraction of sp³-hybridized carbons (Fsp3) is 0. The maximum absolute atomic E-state index is 13.5. The first-order valence-electron chi connectivity index (χ1n) is 5.43. The molecule has 0 amide bonds. The molecule has 0 radical (unpaired) electrons. The van der Waals surface area contributed by atoms with E-state index in [0.29, 0.717) is 12.1 Å². The Labute approximate surface area is 123 Å². The van der Waals surface area contributed by atoms with Gasteiger partial charge in [-0.25, -0.2) is 21.6 Å². The van der Waals surface area contributed by atoms with Crippen LogP contribution in [-0.4, -0.2) is 8.42 Å². The van der Waals surface area contributed by atoms with Crippen LogP contribution in [0.2, 0.25) is 5.02 Å². The van der Waals surface area contributed by atoms with E-state index in [2.05, 4.69) is 0 Å². The van der Waals surface area contributed by atoms with E-state index in [-0.39, 0.29) is 10.7 Å². The number of rotatable bonds is 3. The number of anilines is 2. The quantitative estimate of drug-likeness (QED) is 0.668. The lowest BCUT2D eigenvalue weighted by Crippen LogP contribution is -2.15. The van der Waals surface area contributed by atoms with Crippen molar-refractivity contribution in [1.82, 2.24) is 0 Å². The normalized spacial score (nSPS) is 11.4. The van der Waals surface area contributed by atoms with E-state index in [1.54, 1.807) is 4.72 Å². The topological polar surface area (TPSA) is 72.2 Å². The fourth-order valence-electron chi connectivity index (χ4n) is 1.56. The largest absolute Gasteiger partial charge is 0.399 e. The first-order valence-corrected chi connectivity index (χ1v) is 7.29. The van der Waals surface area contributed by atoms with Gasteiger partial charge in [0.25, 0.3) is 10.0 Å². The van der Waals surface area contributed by atoms with Crippen molar-refractivity contribution in [2.24, 2.45) is 0 Å². The van der Waals surface area contributed by atoms with Crippen molar-refractivity contribution in [1.29, 1.82) is 0 Å². The molecule has 0 saturated heterocycles. The van der Waals surface area contributed by atoms with Crippen LogP contribution in [0.5, 0.6) is 0 Å². The monoisotopic (exact) mass is 336 g/mol. The highest BCUT2D eigenvalue weighted by atomic mass is 35.5. The molecular formula is C12H8ClF3N2O2S. The Morgan fingerprint density at radius 3 is 2.43 bits per heavy atom. The smallest absolute Gasteiger partial charge is 0.263 e. The zero-order valence-corrected chi connectivity index (χ0v) is 11.8. The Bertz CT molecular complexity index is 812. The molecular weight excluding hydrogens is 329 g/mol. The maximum Gasteiger partial charge on any atom is 0.263 e. The van der Waals surface area contributed by atoms with Crippen LogP contribution in [0.4, 0.5) is 24.5 Å². The summed E-state index contributed by atoms with van der Waals surface area (Å²) in [5.41, 5.74) is 4.68. The van der Waals surface area contributed by atoms with E-state index in [9.17, 15) is 21.6 Å². The van der Waals surface area contributed by atoms with Gasteiger partial charge in [0.1, 0.15) is 10.7 Å². The Morgan fingerprint density at radius 2 is 1.76 bits per heavy atom. The summed E-state index contributed by atoms with van der Waals surface area (Å²) in [4.78, 5) is -0.437. The molecule has 9 heteroatoms. The Kier molecular flexibility index (Phi) is 4.02. The van der Waals surface area contributed by atoms with Crippen LogP contribution < -0.4 is 10.5 Å². The SMILES string of the molecule is Nc1ccc(Cl)c(S(=O)(=O)Nc2cc(F)cc(F)c2F)c1. The number of sulfonamides is 1. The average Bonchev–Trinajstić information content (AvgIpc) is 2.37. The molecule has 21 heavy (non-hydrogen) atoms. The van der Waals surface area contributed by atoms with Crippen LogP contribution in [0.25, 0.3) is 0 Å². The van der Waals surface area contributed by atoms with Crippen LogP contribution in [0, 0.1) is 17.5 Å². The predicted octanol–water partition coefficient (Wildman–Crippen LogP) is 3.14. The van der Waals surface area contributed by atoms with Gasteiger partial charge in [-0.2, -0.15) is 0 Å². The molecule has 0 unspecified atom stereocenters. The molecule has 0 aliphatic heterocycles. The van der Waals surface area contributed by atoms with Gasteiger partial charge in [0.2, 0.25) is 0 Å². The van der Waals surface area contributed by atoms with Crippen molar-refractivity contribution in [3.8, 4) is 0 Å². The van der Waals surface area contributed by atoms with Crippen LogP contribution >= 0.6 is 11.6 Å². The van der Waals surface area contributed by atoms with Crippen molar-refractivity contribution in [2.45, 2.75) is 4.90 Å². The Morgan fingerprint density at radius 1 is 1.10 bits per heavy atom. The lowest BCUT2D eigenvalue weighted by molar-refractivity contribution is 0.498. The average molecular weight is 337 g/mol. The molecule has 0 bridgehead atoms. The molecule has 0 aromatic heterocycles. The number of nitrogens with one attached hydrogen (secondary N) is 1. The molecule has 2 aromatic rings. The molecule has 3 N–H and O–H groups in total. The Hall–Kier alpha value is -1.93. The molecule has 2 aromatic carbocycles. The summed E-state index contributed by atoms with van der Waals surface area (Å²) >= 11 is 5.73. The van der Waals surface area contributed by atoms with E-state index in [0.717, 1.165) is 6.07 Å². The number of nitrogens with two attached hydrogens (primary N) is 1. The van der Waals surface area contributed by atoms with Gasteiger partial charge >= 0.3 is 0 Å². The van der Waals surface area contributed by atoms with E-state index < -0.39 is 38.1 Å². The van der Waals surface area contributed by atoms with Gasteiger partial charge in [0.05, 0.1) is 10.7 Å². The summed E-state index contributed by atoms with van der Waals surface area (Å²) in [6, 6.07) is 4.44. The highest BCUT2D eigenvalue weighted by Crippen LogP contribution is 2.27. The van der Waals surface area contributed by atoms with E-state index in [1.165, 1.54) is 12.1 Å². The summed E-state index contributed by atoms with van der Waals surface area (Å²) in [5.74, 6) is -4.18. The van der Waals surface area contributed by atoms with Gasteiger partial charge in [-0.1, -0.05) is 11.6 Å². The molecule has 2 rings (SSSR count). The van der Waals surface area contributed by atoms with Gasteiger partial charge < -0.3 is 5.73 Å². The third-order valence-corrected chi connectivity index (χ3v) is 4.33. The lowest BCUT2D eigenvalue weighted by atomic mass is 10.3. The zero-order chi connectivity index (χ0) is 15.8. The van der Waals surface area contributed by atoms with E-state index in [1.807, 2.05) is 0 Å². The van der Waals surface area contributed by atoms with Gasteiger partial charge in [0.15, 0.2) is 11.6 Å². The summed E-state index contributed by atoms with van der Waals surface area (Å²) in [5, 5.41) is -0.172. The predicted molar refractivity (Wildman–Crippen MR) is 73.0 cm³/mol. The summed E-state index contributed by atoms with van der Waals surface area (Å²) in [6.07, 6.45) is 0. The van der Waals surface area contributed by atoms with Gasteiger partial charge in [-0.05, 0) is 18.2 Å². The van der Waals surface area contributed by atoms with Crippen molar-refractivity contribution < 1.29 is 21.6 Å². The number of hydrogen-bond donors (Lipinski definition) is 2. The minimum atomic E-state index is -4.36. The maximum atomic E-state index is 13.5. The minimum Gasteiger partial charge on any atom is -0.399 e. The Balaban J connectivity index is 2.50. The van der Waals surface area contributed by atoms with Gasteiger partial charge in [-0.15, -0.1) is 0 Å². The van der Waals surface area contributed by atoms with Gasteiger partial charge in [0, 0.05) is 17.8 Å². The highest BCUT2D eigenvalue weighted by molar-refractivity contribution is 7.92. The van der Waals surface area contributed by atoms with Crippen molar-refractivity contribution in [2.75, 3.05) is 10.5 Å².